The first-order valence-corrected chi connectivity index (χ1v) is 8.88. The Hall–Kier alpha value is -2.71. The van der Waals surface area contributed by atoms with Gasteiger partial charge >= 0.3 is 0 Å². The van der Waals surface area contributed by atoms with E-state index in [2.05, 4.69) is 15.1 Å². The highest BCUT2D eigenvalue weighted by atomic mass is 35.5. The third kappa shape index (κ3) is 4.17. The van der Waals surface area contributed by atoms with Crippen LogP contribution in [0.3, 0.4) is 0 Å². The lowest BCUT2D eigenvalue weighted by atomic mass is 10.2. The van der Waals surface area contributed by atoms with Gasteiger partial charge in [0.1, 0.15) is 18.2 Å². The van der Waals surface area contributed by atoms with Gasteiger partial charge in [0, 0.05) is 11.2 Å². The highest BCUT2D eigenvalue weighted by Crippen LogP contribution is 2.27. The van der Waals surface area contributed by atoms with Gasteiger partial charge in [-0.25, -0.2) is 4.98 Å². The molecule has 0 saturated heterocycles. The topological polar surface area (TPSA) is 88.6 Å². The smallest absolute Gasteiger partial charge is 0.276 e. The molecule has 1 unspecified atom stereocenters. The minimum absolute atomic E-state index is 0.124. The maximum Gasteiger partial charge on any atom is 0.276 e. The lowest BCUT2D eigenvalue weighted by Crippen LogP contribution is -2.26. The molecule has 2 aromatic heterocycles. The molecule has 0 aliphatic carbocycles. The van der Waals surface area contributed by atoms with E-state index < -0.39 is 0 Å². The van der Waals surface area contributed by atoms with Crippen LogP contribution in [0, 0.1) is 12.3 Å². The molecule has 1 atom stereocenters. The predicted octanol–water partition coefficient (Wildman–Crippen LogP) is 3.98. The van der Waals surface area contributed by atoms with Crippen molar-refractivity contribution in [2.45, 2.75) is 39.9 Å². The summed E-state index contributed by atoms with van der Waals surface area (Å²) in [6, 6.07) is 7.30. The third-order valence-corrected chi connectivity index (χ3v) is 3.99. The molecule has 0 aliphatic heterocycles. The van der Waals surface area contributed by atoms with Crippen LogP contribution >= 0.6 is 11.6 Å². The van der Waals surface area contributed by atoms with Gasteiger partial charge in [0.25, 0.3) is 11.7 Å². The third-order valence-electron chi connectivity index (χ3n) is 3.75. The molecule has 1 aromatic carbocycles. The van der Waals surface area contributed by atoms with E-state index >= 15 is 0 Å². The van der Waals surface area contributed by atoms with Crippen molar-refractivity contribution in [3.05, 3.63) is 46.7 Å². The maximum absolute atomic E-state index is 7.52. The second kappa shape index (κ2) is 7.89. The van der Waals surface area contributed by atoms with Crippen molar-refractivity contribution < 1.29 is 9.57 Å². The van der Waals surface area contributed by atoms with E-state index in [0.29, 0.717) is 10.8 Å². The summed E-state index contributed by atoms with van der Waals surface area (Å²) in [5.74, 6) is 1.36. The Morgan fingerprint density at radius 1 is 1.26 bits per heavy atom. The lowest BCUT2D eigenvalue weighted by molar-refractivity contribution is 0.0848. The Balaban J connectivity index is 1.93. The Labute approximate surface area is 162 Å². The van der Waals surface area contributed by atoms with Crippen molar-refractivity contribution >= 4 is 29.7 Å². The SMILES string of the molecule is Cc1cc(Cl)ccc1OC(C)c1ccnc2nc(N(C=N)OC(C)C)nn12. The lowest BCUT2D eigenvalue weighted by Gasteiger charge is -2.17. The Morgan fingerprint density at radius 2 is 2.04 bits per heavy atom. The van der Waals surface area contributed by atoms with Gasteiger partial charge in [-0.1, -0.05) is 11.6 Å². The van der Waals surface area contributed by atoms with Gasteiger partial charge < -0.3 is 4.74 Å². The van der Waals surface area contributed by atoms with Crippen molar-refractivity contribution in [3.63, 3.8) is 0 Å². The first-order chi connectivity index (χ1) is 12.9. The van der Waals surface area contributed by atoms with Crippen LogP contribution in [0.1, 0.15) is 38.1 Å². The summed E-state index contributed by atoms with van der Waals surface area (Å²) in [6.45, 7) is 7.58. The molecule has 0 amide bonds. The van der Waals surface area contributed by atoms with Gasteiger partial charge in [-0.05, 0) is 57.5 Å². The monoisotopic (exact) mass is 388 g/mol. The summed E-state index contributed by atoms with van der Waals surface area (Å²) in [5.41, 5.74) is 1.71. The van der Waals surface area contributed by atoms with Gasteiger partial charge in [-0.3, -0.25) is 10.2 Å². The van der Waals surface area contributed by atoms with Crippen LogP contribution in [-0.4, -0.2) is 32.0 Å². The van der Waals surface area contributed by atoms with Crippen LogP contribution in [0.5, 0.6) is 5.75 Å². The van der Waals surface area contributed by atoms with E-state index in [0.717, 1.165) is 23.3 Å². The average Bonchev–Trinajstić information content (AvgIpc) is 3.05. The number of hydrogen-bond acceptors (Lipinski definition) is 6. The molecule has 27 heavy (non-hydrogen) atoms. The number of benzene rings is 1. The van der Waals surface area contributed by atoms with E-state index in [-0.39, 0.29) is 18.2 Å². The van der Waals surface area contributed by atoms with Crippen molar-refractivity contribution in [3.8, 4) is 5.75 Å². The van der Waals surface area contributed by atoms with Gasteiger partial charge in [0.2, 0.25) is 0 Å². The van der Waals surface area contributed by atoms with Gasteiger partial charge in [-0.15, -0.1) is 5.10 Å². The number of hydroxylamine groups is 1. The van der Waals surface area contributed by atoms with Crippen LogP contribution in [0.15, 0.2) is 30.5 Å². The zero-order valence-corrected chi connectivity index (χ0v) is 16.3. The summed E-state index contributed by atoms with van der Waals surface area (Å²) in [7, 11) is 0. The molecule has 0 radical (unpaired) electrons. The van der Waals surface area contributed by atoms with Gasteiger partial charge in [0.15, 0.2) is 0 Å². The van der Waals surface area contributed by atoms with Crippen molar-refractivity contribution in [2.75, 3.05) is 5.06 Å². The average molecular weight is 389 g/mol. The number of aryl methyl sites for hydroxylation is 1. The molecule has 3 rings (SSSR count). The van der Waals surface area contributed by atoms with Crippen molar-refractivity contribution in [2.24, 2.45) is 0 Å². The summed E-state index contributed by atoms with van der Waals surface area (Å²) < 4.78 is 7.68. The number of rotatable bonds is 7. The predicted molar refractivity (Wildman–Crippen MR) is 103 cm³/mol. The summed E-state index contributed by atoms with van der Waals surface area (Å²) in [6.07, 6.45) is 2.23. The highest BCUT2D eigenvalue weighted by Gasteiger charge is 2.19. The Kier molecular flexibility index (Phi) is 5.57. The summed E-state index contributed by atoms with van der Waals surface area (Å²) in [5, 5.41) is 13.8. The maximum atomic E-state index is 7.52. The summed E-state index contributed by atoms with van der Waals surface area (Å²) >= 11 is 6.01. The Bertz CT molecular complexity index is 958. The minimum atomic E-state index is -0.315. The molecule has 0 saturated carbocycles. The van der Waals surface area contributed by atoms with E-state index in [4.69, 9.17) is 26.6 Å². The molecule has 0 spiro atoms. The number of anilines is 1. The highest BCUT2D eigenvalue weighted by molar-refractivity contribution is 6.30. The number of halogens is 1. The van der Waals surface area contributed by atoms with Crippen LogP contribution < -0.4 is 9.80 Å². The summed E-state index contributed by atoms with van der Waals surface area (Å²) in [4.78, 5) is 14.1. The van der Waals surface area contributed by atoms with Crippen molar-refractivity contribution in [1.82, 2.24) is 19.6 Å². The largest absolute Gasteiger partial charge is 0.484 e. The number of fused-ring (bicyclic) bond motifs is 1. The minimum Gasteiger partial charge on any atom is -0.484 e. The first-order valence-electron chi connectivity index (χ1n) is 8.50. The van der Waals surface area contributed by atoms with Gasteiger partial charge in [0.05, 0.1) is 11.8 Å². The van der Waals surface area contributed by atoms with Gasteiger partial charge in [-0.2, -0.15) is 14.6 Å². The van der Waals surface area contributed by atoms with E-state index in [1.54, 1.807) is 16.8 Å². The fourth-order valence-corrected chi connectivity index (χ4v) is 2.79. The molecular formula is C18H21ClN6O2. The number of nitrogens with one attached hydrogen (secondary N) is 1. The molecule has 0 fully saturated rings. The van der Waals surface area contributed by atoms with Crippen molar-refractivity contribution in [1.29, 1.82) is 5.41 Å². The molecule has 0 bridgehead atoms. The zero-order valence-electron chi connectivity index (χ0n) is 15.5. The number of ether oxygens (including phenoxy) is 1. The second-order valence-corrected chi connectivity index (χ2v) is 6.71. The van der Waals surface area contributed by atoms with Crippen LogP contribution in [0.4, 0.5) is 5.95 Å². The normalized spacial score (nSPS) is 12.4. The zero-order chi connectivity index (χ0) is 19.6. The molecule has 3 aromatic rings. The number of nitrogens with zero attached hydrogens (tertiary/aromatic N) is 5. The van der Waals surface area contributed by atoms with E-state index in [1.807, 2.05) is 45.9 Å². The number of hydrogen-bond donors (Lipinski definition) is 1. The quantitative estimate of drug-likeness (QED) is 0.374. The second-order valence-electron chi connectivity index (χ2n) is 6.27. The Morgan fingerprint density at radius 3 is 2.70 bits per heavy atom. The van der Waals surface area contributed by atoms with Crippen LogP contribution in [0.25, 0.3) is 5.78 Å². The molecule has 142 valence electrons. The van der Waals surface area contributed by atoms with E-state index in [1.165, 1.54) is 5.06 Å². The molecular weight excluding hydrogens is 368 g/mol. The first kappa shape index (κ1) is 19.1. The fraction of sp³-hybridized carbons (Fsp3) is 0.333. The number of aromatic nitrogens is 4. The standard InChI is InChI=1S/C18H21ClN6O2/c1-11(2)27-24(10-20)18-22-17-21-8-7-15(25(17)23-18)13(4)26-16-6-5-14(19)9-12(16)3/h5-11,13,20H,1-4H3. The fourth-order valence-electron chi connectivity index (χ4n) is 2.56. The molecule has 0 aliphatic rings. The molecule has 9 heteroatoms. The van der Waals surface area contributed by atoms with Crippen LogP contribution in [-0.2, 0) is 4.84 Å². The molecule has 1 N–H and O–H groups in total. The van der Waals surface area contributed by atoms with E-state index in [9.17, 15) is 0 Å². The van der Waals surface area contributed by atoms with Crippen LogP contribution in [0.2, 0.25) is 5.02 Å². The molecule has 8 nitrogen and oxygen atoms in total. The molecule has 2 heterocycles.